The number of carbonyl (C=O) groups is 3. The predicted octanol–water partition coefficient (Wildman–Crippen LogP) is 6.04. The standard InChI is InChI=1S/C33H43N3O5/c1-7-8-11-18-36(31(39)28(21-37)35-32(40)41-33(4,5)6)29(27-17-14-22(2)19-23(27)3)30(38)34-26-16-15-24-12-9-10-13-25(24)20-26/h9-10,12-17,19-20,28-29,37H,7-8,11,18,21H2,1-6H3,(H,34,38)(H,35,40). The highest BCUT2D eigenvalue weighted by molar-refractivity contribution is 6.00. The Kier molecular flexibility index (Phi) is 10.9. The Morgan fingerprint density at radius 3 is 2.29 bits per heavy atom. The van der Waals surface area contributed by atoms with Gasteiger partial charge in [-0.05, 0) is 75.1 Å². The number of aliphatic hydroxyl groups is 1. The molecule has 0 heterocycles. The fourth-order valence-corrected chi connectivity index (χ4v) is 4.79. The van der Waals surface area contributed by atoms with Gasteiger partial charge >= 0.3 is 6.09 Å². The lowest BCUT2D eigenvalue weighted by Gasteiger charge is -2.35. The van der Waals surface area contributed by atoms with E-state index in [1.54, 1.807) is 20.8 Å². The topological polar surface area (TPSA) is 108 Å². The summed E-state index contributed by atoms with van der Waals surface area (Å²) in [6.45, 7) is 10.7. The molecular weight excluding hydrogens is 518 g/mol. The van der Waals surface area contributed by atoms with Gasteiger partial charge in [-0.1, -0.05) is 73.9 Å². The zero-order valence-corrected chi connectivity index (χ0v) is 25.0. The van der Waals surface area contributed by atoms with Crippen molar-refractivity contribution in [3.05, 3.63) is 77.4 Å². The molecule has 3 amide bonds. The van der Waals surface area contributed by atoms with Crippen molar-refractivity contribution in [2.75, 3.05) is 18.5 Å². The molecule has 0 aliphatic heterocycles. The van der Waals surface area contributed by atoms with E-state index >= 15 is 0 Å². The third kappa shape index (κ3) is 8.79. The van der Waals surface area contributed by atoms with Crippen LogP contribution in [-0.2, 0) is 14.3 Å². The fraction of sp³-hybridized carbons (Fsp3) is 0.424. The number of hydrogen-bond donors (Lipinski definition) is 3. The zero-order valence-electron chi connectivity index (χ0n) is 25.0. The van der Waals surface area contributed by atoms with Gasteiger partial charge in [-0.3, -0.25) is 9.59 Å². The molecule has 8 heteroatoms. The minimum absolute atomic E-state index is 0.266. The number of benzene rings is 3. The smallest absolute Gasteiger partial charge is 0.408 e. The molecule has 3 aromatic rings. The highest BCUT2D eigenvalue weighted by Crippen LogP contribution is 2.29. The van der Waals surface area contributed by atoms with Gasteiger partial charge in [0.15, 0.2) is 0 Å². The van der Waals surface area contributed by atoms with E-state index in [2.05, 4.69) is 17.6 Å². The van der Waals surface area contributed by atoms with Crippen molar-refractivity contribution in [2.45, 2.75) is 78.5 Å². The fourth-order valence-electron chi connectivity index (χ4n) is 4.79. The van der Waals surface area contributed by atoms with Crippen LogP contribution in [0.15, 0.2) is 60.7 Å². The van der Waals surface area contributed by atoms with Gasteiger partial charge in [0.1, 0.15) is 17.7 Å². The highest BCUT2D eigenvalue weighted by atomic mass is 16.6. The Morgan fingerprint density at radius 1 is 0.951 bits per heavy atom. The van der Waals surface area contributed by atoms with Crippen molar-refractivity contribution in [2.24, 2.45) is 0 Å². The molecule has 0 aromatic heterocycles. The Bertz CT molecular complexity index is 1360. The second-order valence-electron chi connectivity index (χ2n) is 11.4. The Labute approximate surface area is 243 Å². The second kappa shape index (κ2) is 14.1. The average Bonchev–Trinajstić information content (AvgIpc) is 2.90. The molecule has 3 N–H and O–H groups in total. The first-order chi connectivity index (χ1) is 19.4. The van der Waals surface area contributed by atoms with Crippen LogP contribution in [0.5, 0.6) is 0 Å². The number of carbonyl (C=O) groups excluding carboxylic acids is 3. The van der Waals surface area contributed by atoms with E-state index in [1.165, 1.54) is 4.90 Å². The number of hydrogen-bond acceptors (Lipinski definition) is 5. The molecule has 0 spiro atoms. The maximum Gasteiger partial charge on any atom is 0.408 e. The van der Waals surface area contributed by atoms with Crippen molar-refractivity contribution < 1.29 is 24.2 Å². The molecular formula is C33H43N3O5. The van der Waals surface area contributed by atoms with Gasteiger partial charge in [-0.2, -0.15) is 0 Å². The number of nitrogens with one attached hydrogen (secondary N) is 2. The Morgan fingerprint density at radius 2 is 1.66 bits per heavy atom. The molecule has 0 aliphatic rings. The van der Waals surface area contributed by atoms with Crippen molar-refractivity contribution in [1.29, 1.82) is 0 Å². The lowest BCUT2D eigenvalue weighted by molar-refractivity contribution is -0.141. The normalized spacial score (nSPS) is 12.9. The molecule has 0 saturated heterocycles. The van der Waals surface area contributed by atoms with E-state index in [-0.39, 0.29) is 12.5 Å². The number of anilines is 1. The van der Waals surface area contributed by atoms with Crippen LogP contribution in [0.2, 0.25) is 0 Å². The van der Waals surface area contributed by atoms with Crippen LogP contribution in [0.1, 0.15) is 69.7 Å². The van der Waals surface area contributed by atoms with Crippen molar-refractivity contribution in [1.82, 2.24) is 10.2 Å². The van der Waals surface area contributed by atoms with Gasteiger partial charge in [0.25, 0.3) is 5.91 Å². The second-order valence-corrected chi connectivity index (χ2v) is 11.4. The summed E-state index contributed by atoms with van der Waals surface area (Å²) in [5.41, 5.74) is 2.39. The molecule has 0 aliphatic carbocycles. The molecule has 2 unspecified atom stereocenters. The molecule has 0 saturated carbocycles. The lowest BCUT2D eigenvalue weighted by atomic mass is 9.96. The first-order valence-electron chi connectivity index (χ1n) is 14.2. The number of amides is 3. The van der Waals surface area contributed by atoms with Gasteiger partial charge in [0.05, 0.1) is 6.61 Å². The number of fused-ring (bicyclic) bond motifs is 1. The van der Waals surface area contributed by atoms with E-state index in [9.17, 15) is 19.5 Å². The monoisotopic (exact) mass is 561 g/mol. The summed E-state index contributed by atoms with van der Waals surface area (Å²) in [6.07, 6.45) is 1.59. The summed E-state index contributed by atoms with van der Waals surface area (Å²) in [7, 11) is 0. The molecule has 0 fully saturated rings. The maximum absolute atomic E-state index is 14.1. The summed E-state index contributed by atoms with van der Waals surface area (Å²) in [6, 6.07) is 17.0. The first-order valence-corrected chi connectivity index (χ1v) is 14.2. The zero-order chi connectivity index (χ0) is 30.2. The van der Waals surface area contributed by atoms with E-state index in [0.717, 1.165) is 34.7 Å². The molecule has 3 aromatic carbocycles. The number of nitrogens with zero attached hydrogens (tertiary/aromatic N) is 1. The van der Waals surface area contributed by atoms with Crippen LogP contribution in [0.3, 0.4) is 0 Å². The van der Waals surface area contributed by atoms with Gasteiger partial charge in [-0.25, -0.2) is 4.79 Å². The van der Waals surface area contributed by atoms with Crippen LogP contribution in [0.4, 0.5) is 10.5 Å². The number of ether oxygens (including phenoxy) is 1. The lowest BCUT2D eigenvalue weighted by Crippen LogP contribution is -2.54. The highest BCUT2D eigenvalue weighted by Gasteiger charge is 2.36. The van der Waals surface area contributed by atoms with Crippen LogP contribution >= 0.6 is 0 Å². The number of aryl methyl sites for hydroxylation is 2. The summed E-state index contributed by atoms with van der Waals surface area (Å²) in [5.74, 6) is -0.945. The third-order valence-corrected chi connectivity index (χ3v) is 6.75. The predicted molar refractivity (Wildman–Crippen MR) is 163 cm³/mol. The van der Waals surface area contributed by atoms with E-state index in [1.807, 2.05) is 74.5 Å². The summed E-state index contributed by atoms with van der Waals surface area (Å²) in [4.78, 5) is 42.1. The van der Waals surface area contributed by atoms with Gasteiger partial charge in [0, 0.05) is 12.2 Å². The van der Waals surface area contributed by atoms with Crippen LogP contribution < -0.4 is 10.6 Å². The number of alkyl carbamates (subject to hydrolysis) is 1. The van der Waals surface area contributed by atoms with E-state index in [4.69, 9.17) is 4.74 Å². The van der Waals surface area contributed by atoms with Crippen LogP contribution in [0, 0.1) is 13.8 Å². The van der Waals surface area contributed by atoms with Crippen molar-refractivity contribution >= 4 is 34.4 Å². The Balaban J connectivity index is 2.02. The molecule has 2 atom stereocenters. The molecule has 3 rings (SSSR count). The molecule has 41 heavy (non-hydrogen) atoms. The van der Waals surface area contributed by atoms with Crippen molar-refractivity contribution in [3.63, 3.8) is 0 Å². The minimum Gasteiger partial charge on any atom is -0.444 e. The summed E-state index contributed by atoms with van der Waals surface area (Å²) >= 11 is 0. The number of aliphatic hydroxyl groups excluding tert-OH is 1. The van der Waals surface area contributed by atoms with Gasteiger partial charge in [0.2, 0.25) is 5.91 Å². The Hall–Kier alpha value is -3.91. The number of rotatable bonds is 11. The summed E-state index contributed by atoms with van der Waals surface area (Å²) < 4.78 is 5.33. The van der Waals surface area contributed by atoms with Gasteiger partial charge in [-0.15, -0.1) is 0 Å². The summed E-state index contributed by atoms with van der Waals surface area (Å²) in [5, 5.41) is 17.7. The third-order valence-electron chi connectivity index (χ3n) is 6.75. The maximum atomic E-state index is 14.1. The van der Waals surface area contributed by atoms with Crippen LogP contribution in [0.25, 0.3) is 10.8 Å². The molecule has 0 radical (unpaired) electrons. The van der Waals surface area contributed by atoms with Gasteiger partial charge < -0.3 is 25.4 Å². The minimum atomic E-state index is -1.28. The molecule has 8 nitrogen and oxygen atoms in total. The quantitative estimate of drug-likeness (QED) is 0.247. The van der Waals surface area contributed by atoms with E-state index in [0.29, 0.717) is 17.7 Å². The van der Waals surface area contributed by atoms with E-state index < -0.39 is 36.3 Å². The molecule has 220 valence electrons. The average molecular weight is 562 g/mol. The largest absolute Gasteiger partial charge is 0.444 e. The van der Waals surface area contributed by atoms with Crippen LogP contribution in [-0.4, -0.2) is 52.7 Å². The first kappa shape index (κ1) is 31.6. The van der Waals surface area contributed by atoms with Crippen molar-refractivity contribution in [3.8, 4) is 0 Å². The molecule has 0 bridgehead atoms. The SMILES string of the molecule is CCCCCN(C(=O)C(CO)NC(=O)OC(C)(C)C)C(C(=O)Nc1ccc2ccccc2c1)c1ccc(C)cc1C. The number of unbranched alkanes of at least 4 members (excludes halogenated alkanes) is 2.